The summed E-state index contributed by atoms with van der Waals surface area (Å²) in [6, 6.07) is 60.8. The molecule has 0 amide bonds. The molecular weight excluding hydrogens is 693 g/mol. The van der Waals surface area contributed by atoms with E-state index in [-0.39, 0.29) is 10.8 Å². The fourth-order valence-electron chi connectivity index (χ4n) is 9.78. The molecule has 0 spiro atoms. The van der Waals surface area contributed by atoms with Crippen LogP contribution in [-0.2, 0) is 10.8 Å². The predicted octanol–water partition coefficient (Wildman–Crippen LogP) is 13.8. The Balaban J connectivity index is 1.17. The topological polar surface area (TPSA) is 13.0 Å². The van der Waals surface area contributed by atoms with Crippen LogP contribution in [0.4, 0.5) is 39.8 Å². The monoisotopic (exact) mass is 742 g/mol. The highest BCUT2D eigenvalue weighted by molar-refractivity contribution is 6.01. The number of para-hydroxylation sites is 4. The molecule has 0 N–H and O–H groups in total. The van der Waals surface area contributed by atoms with Gasteiger partial charge in [-0.2, -0.15) is 0 Å². The van der Waals surface area contributed by atoms with Gasteiger partial charge in [-0.15, -0.1) is 0 Å². The van der Waals surface area contributed by atoms with E-state index in [1.165, 1.54) is 97.2 Å². The van der Waals surface area contributed by atoms with Crippen LogP contribution < -0.4 is 19.6 Å². The van der Waals surface area contributed by atoms with Crippen molar-refractivity contribution in [2.24, 2.45) is 0 Å². The van der Waals surface area contributed by atoms with E-state index in [0.717, 1.165) is 6.67 Å². The molecule has 1 aliphatic carbocycles. The lowest BCUT2D eigenvalue weighted by Gasteiger charge is -2.43. The summed E-state index contributed by atoms with van der Waals surface area (Å²) in [4.78, 5) is 9.79. The lowest BCUT2D eigenvalue weighted by molar-refractivity contribution is 0.333. The fourth-order valence-corrected chi connectivity index (χ4v) is 9.78. The van der Waals surface area contributed by atoms with Crippen molar-refractivity contribution in [3.05, 3.63) is 175 Å². The third-order valence-corrected chi connectivity index (χ3v) is 12.8. The van der Waals surface area contributed by atoms with Crippen molar-refractivity contribution < 1.29 is 0 Å². The zero-order valence-electron chi connectivity index (χ0n) is 33.7. The number of hydrogen-bond donors (Lipinski definition) is 0. The average molecular weight is 743 g/mol. The van der Waals surface area contributed by atoms with Gasteiger partial charge in [-0.05, 0) is 112 Å². The molecule has 0 unspecified atom stereocenters. The van der Waals surface area contributed by atoms with Crippen LogP contribution in [0.2, 0.25) is 0 Å². The van der Waals surface area contributed by atoms with Crippen molar-refractivity contribution in [1.29, 1.82) is 0 Å². The second-order valence-electron chi connectivity index (χ2n) is 17.4. The Morgan fingerprint density at radius 3 is 1.51 bits per heavy atom. The Kier molecular flexibility index (Phi) is 8.30. The maximum Gasteiger partial charge on any atom is 0.100 e. The zero-order valence-corrected chi connectivity index (χ0v) is 33.7. The minimum Gasteiger partial charge on any atom is -0.355 e. The lowest BCUT2D eigenvalue weighted by Crippen LogP contribution is -2.34. The molecule has 4 nitrogen and oxygen atoms in total. The first-order valence-electron chi connectivity index (χ1n) is 20.4. The maximum absolute atomic E-state index is 2.56. The summed E-state index contributed by atoms with van der Waals surface area (Å²) in [7, 11) is 2.17. The van der Waals surface area contributed by atoms with E-state index in [1.54, 1.807) is 0 Å². The second kappa shape index (κ2) is 13.4. The number of rotatable bonds is 6. The van der Waals surface area contributed by atoms with Crippen LogP contribution in [0, 0.1) is 0 Å². The van der Waals surface area contributed by atoms with Crippen LogP contribution in [0.3, 0.4) is 0 Å². The summed E-state index contributed by atoms with van der Waals surface area (Å²) in [6.07, 6.45) is 2.36. The molecule has 282 valence electrons. The molecule has 4 heteroatoms. The minimum absolute atomic E-state index is 0.0649. The molecular formula is C53H50N4. The third kappa shape index (κ3) is 5.89. The molecule has 7 aromatic carbocycles. The Labute approximate surface area is 338 Å². The van der Waals surface area contributed by atoms with Crippen LogP contribution in [0.25, 0.3) is 33.4 Å². The highest BCUT2D eigenvalue weighted by atomic mass is 15.4. The smallest absolute Gasteiger partial charge is 0.100 e. The Hall–Kier alpha value is -6.26. The van der Waals surface area contributed by atoms with E-state index in [4.69, 9.17) is 0 Å². The zero-order chi connectivity index (χ0) is 38.9. The van der Waals surface area contributed by atoms with Crippen molar-refractivity contribution in [3.8, 4) is 33.4 Å². The van der Waals surface area contributed by atoms with Crippen molar-refractivity contribution in [3.63, 3.8) is 0 Å². The maximum atomic E-state index is 2.56. The predicted molar refractivity (Wildman–Crippen MR) is 242 cm³/mol. The number of fused-ring (bicyclic) bond motifs is 3. The minimum atomic E-state index is 0.0649. The quantitative estimate of drug-likeness (QED) is 0.168. The molecule has 10 rings (SSSR count). The molecule has 57 heavy (non-hydrogen) atoms. The fraction of sp³-hybridized carbons (Fsp3) is 0.208. The van der Waals surface area contributed by atoms with Crippen LogP contribution >= 0.6 is 0 Å². The van der Waals surface area contributed by atoms with Crippen LogP contribution in [0.15, 0.2) is 164 Å². The first-order valence-corrected chi connectivity index (χ1v) is 20.4. The third-order valence-electron chi connectivity index (χ3n) is 12.8. The van der Waals surface area contributed by atoms with Gasteiger partial charge in [0.05, 0.1) is 35.1 Å². The number of nitrogens with zero attached hydrogens (tertiary/aromatic N) is 4. The summed E-state index contributed by atoms with van der Waals surface area (Å²) in [6.45, 7) is 11.2. The molecule has 2 heterocycles. The average Bonchev–Trinajstić information content (AvgIpc) is 3.80. The van der Waals surface area contributed by atoms with E-state index in [2.05, 4.69) is 218 Å². The highest BCUT2D eigenvalue weighted by Gasteiger charge is 2.39. The van der Waals surface area contributed by atoms with Gasteiger partial charge in [0.25, 0.3) is 0 Å². The largest absolute Gasteiger partial charge is 0.355 e. The van der Waals surface area contributed by atoms with Crippen molar-refractivity contribution >= 4 is 39.8 Å². The standard InChI is InChI=1S/C53H50N4/c1-52(2)30-31-53(3,4)50-42(24-17-25-45(50)52)39-32-43(37-18-8-6-9-19-37)51(44(33-39)38-20-10-7-11-21-38)57-36-56(48-28-14-15-29-49(48)57)41-23-16-22-40(34-41)55-35-54(5)46-26-12-13-27-47(46)55/h6-29,32-34H,30-31,35-36H2,1-5H3. The molecule has 0 saturated carbocycles. The molecule has 2 aliphatic heterocycles. The van der Waals surface area contributed by atoms with Crippen molar-refractivity contribution in [1.82, 2.24) is 0 Å². The molecule has 3 aliphatic rings. The van der Waals surface area contributed by atoms with Gasteiger partial charge in [-0.3, -0.25) is 0 Å². The molecule has 7 aromatic rings. The lowest BCUT2D eigenvalue weighted by atomic mass is 9.61. The van der Waals surface area contributed by atoms with E-state index < -0.39 is 0 Å². The number of anilines is 7. The highest BCUT2D eigenvalue weighted by Crippen LogP contribution is 2.54. The molecule has 0 bridgehead atoms. The molecule has 0 fully saturated rings. The summed E-state index contributed by atoms with van der Waals surface area (Å²) >= 11 is 0. The van der Waals surface area contributed by atoms with E-state index in [9.17, 15) is 0 Å². The van der Waals surface area contributed by atoms with Crippen LogP contribution in [0.1, 0.15) is 51.7 Å². The van der Waals surface area contributed by atoms with E-state index in [0.29, 0.717) is 6.67 Å². The van der Waals surface area contributed by atoms with Gasteiger partial charge in [-0.1, -0.05) is 137 Å². The summed E-state index contributed by atoms with van der Waals surface area (Å²) in [5.41, 5.74) is 19.2. The van der Waals surface area contributed by atoms with E-state index in [1.807, 2.05) is 0 Å². The van der Waals surface area contributed by atoms with Gasteiger partial charge in [0.2, 0.25) is 0 Å². The molecule has 0 atom stereocenters. The Bertz CT molecular complexity index is 2560. The number of hydrogen-bond acceptors (Lipinski definition) is 4. The molecule has 0 saturated heterocycles. The number of benzene rings is 7. The normalized spacial score (nSPS) is 16.4. The van der Waals surface area contributed by atoms with Crippen molar-refractivity contribution in [2.45, 2.75) is 51.4 Å². The summed E-state index contributed by atoms with van der Waals surface area (Å²) in [5, 5.41) is 0. The van der Waals surface area contributed by atoms with Gasteiger partial charge in [0.1, 0.15) is 6.67 Å². The summed E-state index contributed by atoms with van der Waals surface area (Å²) in [5.74, 6) is 0. The molecule has 0 aromatic heterocycles. The van der Waals surface area contributed by atoms with Gasteiger partial charge < -0.3 is 19.6 Å². The van der Waals surface area contributed by atoms with Gasteiger partial charge in [-0.25, -0.2) is 0 Å². The van der Waals surface area contributed by atoms with Gasteiger partial charge in [0.15, 0.2) is 0 Å². The Morgan fingerprint density at radius 2 is 0.895 bits per heavy atom. The SMILES string of the molecule is CN1CN(c2cccc(N3CN(c4c(-c5ccccc5)cc(-c5cccc6c5C(C)(C)CCC6(C)C)cc4-c4ccccc4)c4ccccc43)c2)c2ccccc21. The Morgan fingerprint density at radius 1 is 0.404 bits per heavy atom. The van der Waals surface area contributed by atoms with Gasteiger partial charge in [0, 0.05) is 29.5 Å². The van der Waals surface area contributed by atoms with Gasteiger partial charge >= 0.3 is 0 Å². The van der Waals surface area contributed by atoms with E-state index >= 15 is 0 Å². The second-order valence-corrected chi connectivity index (χ2v) is 17.4. The summed E-state index contributed by atoms with van der Waals surface area (Å²) < 4.78 is 0. The first kappa shape index (κ1) is 35.2. The van der Waals surface area contributed by atoms with Crippen LogP contribution in [-0.4, -0.2) is 20.4 Å². The van der Waals surface area contributed by atoms with Crippen LogP contribution in [0.5, 0.6) is 0 Å². The molecule has 0 radical (unpaired) electrons. The van der Waals surface area contributed by atoms with Crippen molar-refractivity contribution in [2.75, 3.05) is 40.0 Å². The first-order chi connectivity index (χ1) is 27.7.